The number of allylic oxidation sites excluding steroid dienone is 5. The Balaban J connectivity index is 3.66. The lowest BCUT2D eigenvalue weighted by Gasteiger charge is -2.29. The Morgan fingerprint density at radius 3 is 1.46 bits per heavy atom. The van der Waals surface area contributed by atoms with E-state index in [1.54, 1.807) is 26.0 Å². The third-order valence-electron chi connectivity index (χ3n) is 15.2. The van der Waals surface area contributed by atoms with Crippen molar-refractivity contribution in [3.63, 3.8) is 0 Å². The molecule has 28 heteroatoms. The molecule has 0 bridgehead atoms. The number of thioether (sulfide) groups is 2. The molecule has 9 amide bonds. The Kier molecular flexibility index (Phi) is 43.8. The maximum atomic E-state index is 14.7. The van der Waals surface area contributed by atoms with Crippen molar-refractivity contribution < 1.29 is 63.3 Å². The van der Waals surface area contributed by atoms with Crippen molar-refractivity contribution in [3.8, 4) is 0 Å². The molecule has 0 spiro atoms. The van der Waals surface area contributed by atoms with Crippen LogP contribution in [0.25, 0.3) is 0 Å². The molecule has 532 valence electrons. The molecule has 0 saturated carbocycles. The summed E-state index contributed by atoms with van der Waals surface area (Å²) in [7, 11) is 0. The molecule has 26 nitrogen and oxygen atoms in total. The number of aliphatic hydroxyl groups excluding tert-OH is 2. The molecule has 0 aromatic heterocycles. The summed E-state index contributed by atoms with van der Waals surface area (Å²) in [5, 5.41) is 55.0. The van der Waals surface area contributed by atoms with Gasteiger partial charge in [-0.2, -0.15) is 23.5 Å². The summed E-state index contributed by atoms with van der Waals surface area (Å²) in [4.78, 5) is 139. The highest BCUT2D eigenvalue weighted by Crippen LogP contribution is 2.17. The minimum absolute atomic E-state index is 0.0220. The number of carboxylic acid groups (broad SMARTS) is 1. The van der Waals surface area contributed by atoms with E-state index in [0.717, 1.165) is 31.3 Å². The number of benzene rings is 1. The Bertz CT molecular complexity index is 2640. The number of carboxylic acids is 1. The number of aliphatic carboxylic acids is 1. The van der Waals surface area contributed by atoms with Crippen molar-refractivity contribution in [2.75, 3.05) is 55.5 Å². The average molecular weight is 1360 g/mol. The van der Waals surface area contributed by atoms with Gasteiger partial charge in [0, 0.05) is 17.2 Å². The van der Waals surface area contributed by atoms with Gasteiger partial charge in [0.05, 0.1) is 18.3 Å². The Morgan fingerprint density at radius 2 is 0.957 bits per heavy atom. The van der Waals surface area contributed by atoms with Crippen LogP contribution < -0.4 is 70.8 Å². The topological polar surface area (TPSA) is 444 Å². The summed E-state index contributed by atoms with van der Waals surface area (Å²) in [6, 6.07) is -6.18. The highest BCUT2D eigenvalue weighted by Gasteiger charge is 2.37. The molecule has 0 saturated heterocycles. The number of anilines is 1. The lowest BCUT2D eigenvalue weighted by Crippen LogP contribution is -2.62. The quantitative estimate of drug-likeness (QED) is 0.0253. The van der Waals surface area contributed by atoms with Crippen molar-refractivity contribution in [3.05, 3.63) is 64.8 Å². The molecule has 1 rings (SSSR count). The van der Waals surface area contributed by atoms with Gasteiger partial charge in [0.15, 0.2) is 0 Å². The Labute approximate surface area is 565 Å². The van der Waals surface area contributed by atoms with E-state index >= 15 is 0 Å². The van der Waals surface area contributed by atoms with Crippen molar-refractivity contribution in [1.29, 1.82) is 0 Å². The number of hydrogen-bond donors (Lipinski definition) is 16. The zero-order valence-corrected chi connectivity index (χ0v) is 58.7. The van der Waals surface area contributed by atoms with Crippen LogP contribution in [-0.4, -0.2) is 185 Å². The molecule has 1 aromatic rings. The predicted octanol–water partition coefficient (Wildman–Crippen LogP) is 2.70. The first-order valence-corrected chi connectivity index (χ1v) is 35.3. The maximum absolute atomic E-state index is 14.7. The first-order valence-electron chi connectivity index (χ1n) is 32.8. The van der Waals surface area contributed by atoms with Gasteiger partial charge in [0.2, 0.25) is 47.3 Å². The Morgan fingerprint density at radius 1 is 0.521 bits per heavy atom. The van der Waals surface area contributed by atoms with E-state index in [9.17, 15) is 63.3 Å². The summed E-state index contributed by atoms with van der Waals surface area (Å²) < 4.78 is 0. The van der Waals surface area contributed by atoms with E-state index in [2.05, 4.69) is 80.8 Å². The number of nitrogens with two attached hydrogens (primary N) is 4. The van der Waals surface area contributed by atoms with Gasteiger partial charge < -0.3 is 86.1 Å². The summed E-state index contributed by atoms with van der Waals surface area (Å²) in [6.07, 6.45) is 12.8. The highest BCUT2D eigenvalue weighted by molar-refractivity contribution is 7.99. The van der Waals surface area contributed by atoms with Crippen LogP contribution in [0.5, 0.6) is 0 Å². The number of nitrogens with one attached hydrogen (secondary N) is 9. The van der Waals surface area contributed by atoms with Gasteiger partial charge in [-0.1, -0.05) is 74.8 Å². The molecular weight excluding hydrogens is 1250 g/mol. The van der Waals surface area contributed by atoms with Crippen LogP contribution in [-0.2, 0) is 43.2 Å². The number of carbonyl (C=O) groups is 10. The van der Waals surface area contributed by atoms with Crippen LogP contribution in [0.1, 0.15) is 169 Å². The van der Waals surface area contributed by atoms with Crippen LogP contribution in [0.4, 0.5) is 5.69 Å². The van der Waals surface area contributed by atoms with Gasteiger partial charge in [0.25, 0.3) is 5.91 Å². The molecule has 20 N–H and O–H groups in total. The van der Waals surface area contributed by atoms with E-state index in [4.69, 9.17) is 22.9 Å². The van der Waals surface area contributed by atoms with Crippen LogP contribution in [0.3, 0.4) is 0 Å². The lowest BCUT2D eigenvalue weighted by atomic mass is 9.99. The fourth-order valence-corrected chi connectivity index (χ4v) is 11.1. The van der Waals surface area contributed by atoms with Gasteiger partial charge in [-0.25, -0.2) is 4.79 Å². The number of aliphatic hydroxyl groups is 2. The molecule has 0 radical (unpaired) electrons. The normalized spacial score (nSPS) is 14.9. The third kappa shape index (κ3) is 34.7. The van der Waals surface area contributed by atoms with E-state index in [-0.39, 0.29) is 74.5 Å². The van der Waals surface area contributed by atoms with Gasteiger partial charge in [-0.15, -0.1) is 0 Å². The monoisotopic (exact) mass is 1360 g/mol. The number of unbranched alkanes of at least 4 members (excludes halogenated alkanes) is 3. The van der Waals surface area contributed by atoms with E-state index < -0.39 is 132 Å². The minimum atomic E-state index is -1.75. The van der Waals surface area contributed by atoms with Crippen molar-refractivity contribution in [1.82, 2.24) is 47.9 Å². The van der Waals surface area contributed by atoms with Crippen LogP contribution in [0.2, 0.25) is 0 Å². The number of amides is 9. The number of hydrogen-bond acceptors (Lipinski definition) is 18. The number of carbonyl (C=O) groups excluding carboxylic acids is 9. The number of para-hydroxylation sites is 1. The average Bonchev–Trinajstić information content (AvgIpc) is 0.898. The van der Waals surface area contributed by atoms with Gasteiger partial charge in [-0.05, 0) is 187 Å². The Hall–Kier alpha value is -6.56. The fourth-order valence-electron chi connectivity index (χ4n) is 9.58. The van der Waals surface area contributed by atoms with E-state index in [0.29, 0.717) is 50.2 Å². The number of nitrogen functional groups attached to an aromatic ring is 1. The summed E-state index contributed by atoms with van der Waals surface area (Å²) >= 11 is 2.74. The zero-order valence-electron chi connectivity index (χ0n) is 57.1. The predicted molar refractivity (Wildman–Crippen MR) is 373 cm³/mol. The van der Waals surface area contributed by atoms with Crippen molar-refractivity contribution in [2.45, 2.75) is 219 Å². The molecular formula is C66H113N13O13S2. The van der Waals surface area contributed by atoms with Gasteiger partial charge in [-0.3, -0.25) is 43.2 Å². The van der Waals surface area contributed by atoms with Crippen LogP contribution in [0.15, 0.2) is 59.2 Å². The second-order valence-corrected chi connectivity index (χ2v) is 26.8. The maximum Gasteiger partial charge on any atom is 0.326 e. The standard InChI is InChI=1S/C66H113N13O13S2/c1-40(2)21-19-22-43(7)23-20-24-44(8)30-36-94-39-54(63(88)78-55(42(5)6)64(89)75-52(37-41(3)4)61(86)74-51(66(91)92)31-35-93-10)77-59(84)49(28-14-17-33-68)73-65(90)56(45(9)81)79-60(85)50(29-15-18-34-69)72-62(87)53(38-80)76-58(83)48(27-13-16-32-67)71-57(82)46-25-11-12-26-47(46)70/h11-12,21,23,25-26,30,41-42,45,48-56,80-81H,13-20,22,24,27-29,31-39,67-70H2,1-10H3,(H,71,82)(H,72,87)(H,73,90)(H,74,86)(H,75,89)(H,76,83)(H,77,84)(H,78,88)(H,79,85)(H,91,92)/b43-23+,44-30+/t45-,48+,49+,50+,51+,52+,53+,54+,55+,56+/m1/s1. The molecule has 94 heavy (non-hydrogen) atoms. The second-order valence-electron chi connectivity index (χ2n) is 24.7. The molecule has 0 aliphatic rings. The van der Waals surface area contributed by atoms with Crippen LogP contribution >= 0.6 is 23.5 Å². The first-order chi connectivity index (χ1) is 44.5. The van der Waals surface area contributed by atoms with Gasteiger partial charge >= 0.3 is 5.97 Å². The summed E-state index contributed by atoms with van der Waals surface area (Å²) in [5.41, 5.74) is 27.3. The fraction of sp³-hybridized carbons (Fsp3) is 0.667. The summed E-state index contributed by atoms with van der Waals surface area (Å²) in [6.45, 7) is 16.3. The smallest absolute Gasteiger partial charge is 0.326 e. The van der Waals surface area contributed by atoms with Crippen LogP contribution in [0, 0.1) is 11.8 Å². The molecule has 10 atom stereocenters. The molecule has 0 fully saturated rings. The van der Waals surface area contributed by atoms with Gasteiger partial charge in [0.1, 0.15) is 54.4 Å². The zero-order chi connectivity index (χ0) is 70.9. The summed E-state index contributed by atoms with van der Waals surface area (Å²) in [5.74, 6) is -8.57. The molecule has 0 heterocycles. The third-order valence-corrected chi connectivity index (χ3v) is 16.8. The second kappa shape index (κ2) is 48.2. The largest absolute Gasteiger partial charge is 0.480 e. The minimum Gasteiger partial charge on any atom is -0.480 e. The van der Waals surface area contributed by atoms with Crippen molar-refractivity contribution in [2.24, 2.45) is 29.0 Å². The lowest BCUT2D eigenvalue weighted by molar-refractivity contribution is -0.142. The molecule has 0 aliphatic heterocycles. The van der Waals surface area contributed by atoms with E-state index in [1.807, 2.05) is 33.1 Å². The molecule has 0 unspecified atom stereocenters. The van der Waals surface area contributed by atoms with Crippen molar-refractivity contribution >= 4 is 88.3 Å². The SMILES string of the molecule is CSCC[C@H](NC(=O)[C@H](CC(C)C)NC(=O)[C@@H](NC(=O)[C@H](CSC/C=C(\C)CC/C=C(\C)CCC=C(C)C)NC(=O)[C@H](CCCCN)NC(=O)[C@@H](NC(=O)[C@H](CCCCN)NC(=O)[C@H](CO)NC(=O)[C@H](CCCCN)NC(=O)c1ccccc1N)[C@@H](C)O)C(C)C)C(=O)O. The number of rotatable bonds is 49. The first kappa shape index (κ1) is 85.5. The highest BCUT2D eigenvalue weighted by atomic mass is 32.2. The van der Waals surface area contributed by atoms with E-state index in [1.165, 1.54) is 53.7 Å². The molecule has 1 aromatic carbocycles. The molecule has 0 aliphatic carbocycles.